The van der Waals surface area contributed by atoms with Crippen LogP contribution in [-0.2, 0) is 7.05 Å². The van der Waals surface area contributed by atoms with Crippen molar-refractivity contribution in [3.05, 3.63) is 69.9 Å². The second kappa shape index (κ2) is 5.05. The van der Waals surface area contributed by atoms with Crippen LogP contribution in [0.2, 0.25) is 5.02 Å². The minimum atomic E-state index is 0.0404. The Balaban J connectivity index is 2.18. The number of halogens is 1. The normalized spacial score (nSPS) is 11.0. The number of carbonyl (C=O) groups is 1. The minimum absolute atomic E-state index is 0.0404. The van der Waals surface area contributed by atoms with Gasteiger partial charge in [0.25, 0.3) is 0 Å². The number of nitrogens with zero attached hydrogens (tertiary/aromatic N) is 1. The summed E-state index contributed by atoms with van der Waals surface area (Å²) < 4.78 is 2.00. The smallest absolute Gasteiger partial charge is 0.195 e. The lowest BCUT2D eigenvalue weighted by atomic mass is 9.98. The molecule has 0 unspecified atom stereocenters. The van der Waals surface area contributed by atoms with E-state index in [4.69, 9.17) is 11.6 Å². The summed E-state index contributed by atoms with van der Waals surface area (Å²) in [4.78, 5) is 12.8. The predicted molar refractivity (Wildman–Crippen MR) is 87.3 cm³/mol. The lowest BCUT2D eigenvalue weighted by molar-refractivity contribution is 0.103. The number of benzene rings is 2. The van der Waals surface area contributed by atoms with Gasteiger partial charge in [-0.1, -0.05) is 23.7 Å². The first-order valence-corrected chi connectivity index (χ1v) is 7.21. The highest BCUT2D eigenvalue weighted by Gasteiger charge is 2.17. The van der Waals surface area contributed by atoms with Gasteiger partial charge in [-0.2, -0.15) is 0 Å². The van der Waals surface area contributed by atoms with Crippen molar-refractivity contribution in [1.29, 1.82) is 0 Å². The Morgan fingerprint density at radius 1 is 1.05 bits per heavy atom. The summed E-state index contributed by atoms with van der Waals surface area (Å²) in [5, 5.41) is 1.64. The van der Waals surface area contributed by atoms with Gasteiger partial charge in [0.15, 0.2) is 5.78 Å². The van der Waals surface area contributed by atoms with Crippen molar-refractivity contribution in [2.45, 2.75) is 13.8 Å². The number of carbonyl (C=O) groups excluding carboxylic acids is 1. The molecule has 0 atom stereocenters. The third-order valence-corrected chi connectivity index (χ3v) is 4.06. The molecule has 21 heavy (non-hydrogen) atoms. The van der Waals surface area contributed by atoms with Gasteiger partial charge in [0, 0.05) is 40.3 Å². The first kappa shape index (κ1) is 13.9. The Bertz CT molecular complexity index is 861. The molecule has 0 saturated heterocycles. The zero-order valence-electron chi connectivity index (χ0n) is 12.3. The van der Waals surface area contributed by atoms with Crippen molar-refractivity contribution in [1.82, 2.24) is 4.57 Å². The van der Waals surface area contributed by atoms with E-state index < -0.39 is 0 Å². The average Bonchev–Trinajstić information content (AvgIpc) is 2.75. The molecule has 0 radical (unpaired) electrons. The zero-order chi connectivity index (χ0) is 15.1. The van der Waals surface area contributed by atoms with E-state index in [-0.39, 0.29) is 5.78 Å². The highest BCUT2D eigenvalue weighted by Crippen LogP contribution is 2.26. The third-order valence-electron chi connectivity index (χ3n) is 3.82. The summed E-state index contributed by atoms with van der Waals surface area (Å²) in [6.07, 6.45) is 1.90. The van der Waals surface area contributed by atoms with Gasteiger partial charge in [0.05, 0.1) is 0 Å². The molecule has 0 bridgehead atoms. The SMILES string of the molecule is Cc1ccc2c(C(=O)c3ccc(Cl)cc3C)cn(C)c2c1. The van der Waals surface area contributed by atoms with Crippen LogP contribution in [0.15, 0.2) is 42.6 Å². The molecule has 2 nitrogen and oxygen atoms in total. The summed E-state index contributed by atoms with van der Waals surface area (Å²) in [5.41, 5.74) is 4.59. The highest BCUT2D eigenvalue weighted by atomic mass is 35.5. The van der Waals surface area contributed by atoms with Gasteiger partial charge in [-0.25, -0.2) is 0 Å². The quantitative estimate of drug-likeness (QED) is 0.630. The zero-order valence-corrected chi connectivity index (χ0v) is 13.0. The van der Waals surface area contributed by atoms with Crippen molar-refractivity contribution < 1.29 is 4.79 Å². The fourth-order valence-corrected chi connectivity index (χ4v) is 2.93. The Morgan fingerprint density at radius 2 is 1.81 bits per heavy atom. The third kappa shape index (κ3) is 2.36. The van der Waals surface area contributed by atoms with E-state index in [0.29, 0.717) is 10.6 Å². The monoisotopic (exact) mass is 297 g/mol. The molecule has 2 aromatic carbocycles. The average molecular weight is 298 g/mol. The molecule has 0 amide bonds. The Labute approximate surface area is 129 Å². The molecule has 0 saturated carbocycles. The van der Waals surface area contributed by atoms with E-state index in [1.807, 2.05) is 42.9 Å². The molecule has 0 aliphatic carbocycles. The number of hydrogen-bond acceptors (Lipinski definition) is 1. The van der Waals surface area contributed by atoms with E-state index in [1.54, 1.807) is 12.1 Å². The van der Waals surface area contributed by atoms with E-state index in [9.17, 15) is 4.79 Å². The van der Waals surface area contributed by atoms with Gasteiger partial charge in [-0.3, -0.25) is 4.79 Å². The maximum Gasteiger partial charge on any atom is 0.195 e. The second-order valence-corrected chi connectivity index (χ2v) is 5.90. The van der Waals surface area contributed by atoms with Gasteiger partial charge in [0.1, 0.15) is 0 Å². The molecule has 106 valence electrons. The van der Waals surface area contributed by atoms with Crippen LogP contribution in [0, 0.1) is 13.8 Å². The standard InChI is InChI=1S/C18H16ClNO/c1-11-4-6-15-16(10-20(3)17(15)8-11)18(21)14-7-5-13(19)9-12(14)2/h4-10H,1-3H3. The van der Waals surface area contributed by atoms with Gasteiger partial charge in [-0.15, -0.1) is 0 Å². The molecule has 3 rings (SSSR count). The summed E-state index contributed by atoms with van der Waals surface area (Å²) in [6, 6.07) is 11.5. The predicted octanol–water partition coefficient (Wildman–Crippen LogP) is 4.68. The molecule has 0 spiro atoms. The van der Waals surface area contributed by atoms with E-state index in [1.165, 1.54) is 5.56 Å². The first-order valence-electron chi connectivity index (χ1n) is 6.84. The van der Waals surface area contributed by atoms with Gasteiger partial charge in [-0.05, 0) is 49.2 Å². The molecule has 0 N–H and O–H groups in total. The van der Waals surface area contributed by atoms with Gasteiger partial charge < -0.3 is 4.57 Å². The van der Waals surface area contributed by atoms with Crippen LogP contribution in [0.25, 0.3) is 10.9 Å². The van der Waals surface area contributed by atoms with Crippen LogP contribution in [-0.4, -0.2) is 10.4 Å². The van der Waals surface area contributed by atoms with Crippen LogP contribution >= 0.6 is 11.6 Å². The summed E-state index contributed by atoms with van der Waals surface area (Å²) >= 11 is 5.97. The molecule has 1 aromatic heterocycles. The second-order valence-electron chi connectivity index (χ2n) is 5.46. The molecular formula is C18H16ClNO. The fourth-order valence-electron chi connectivity index (χ4n) is 2.70. The van der Waals surface area contributed by atoms with Crippen molar-refractivity contribution in [2.24, 2.45) is 7.05 Å². The van der Waals surface area contributed by atoms with Crippen molar-refractivity contribution in [2.75, 3.05) is 0 Å². The van der Waals surface area contributed by atoms with Crippen LogP contribution in [0.5, 0.6) is 0 Å². The lowest BCUT2D eigenvalue weighted by Gasteiger charge is -2.05. The van der Waals surface area contributed by atoms with Crippen LogP contribution < -0.4 is 0 Å². The lowest BCUT2D eigenvalue weighted by Crippen LogP contribution is -2.03. The van der Waals surface area contributed by atoms with Crippen molar-refractivity contribution in [3.8, 4) is 0 Å². The molecule has 0 aliphatic heterocycles. The fraction of sp³-hybridized carbons (Fsp3) is 0.167. The topological polar surface area (TPSA) is 22.0 Å². The number of ketones is 1. The van der Waals surface area contributed by atoms with Crippen LogP contribution in [0.3, 0.4) is 0 Å². The van der Waals surface area contributed by atoms with Crippen molar-refractivity contribution in [3.63, 3.8) is 0 Å². The van der Waals surface area contributed by atoms with E-state index in [2.05, 4.69) is 13.0 Å². The number of hydrogen-bond donors (Lipinski definition) is 0. The van der Waals surface area contributed by atoms with Gasteiger partial charge >= 0.3 is 0 Å². The Kier molecular flexibility index (Phi) is 3.34. The largest absolute Gasteiger partial charge is 0.350 e. The summed E-state index contributed by atoms with van der Waals surface area (Å²) in [5.74, 6) is 0.0404. The number of aryl methyl sites for hydroxylation is 3. The first-order chi connectivity index (χ1) is 9.97. The van der Waals surface area contributed by atoms with Gasteiger partial charge in [0.2, 0.25) is 0 Å². The molecule has 0 aliphatic rings. The maximum atomic E-state index is 12.8. The summed E-state index contributed by atoms with van der Waals surface area (Å²) in [7, 11) is 1.97. The number of fused-ring (bicyclic) bond motifs is 1. The summed E-state index contributed by atoms with van der Waals surface area (Å²) in [6.45, 7) is 3.96. The molecule has 3 aromatic rings. The minimum Gasteiger partial charge on any atom is -0.350 e. The van der Waals surface area contributed by atoms with Crippen LogP contribution in [0.1, 0.15) is 27.0 Å². The molecule has 0 fully saturated rings. The highest BCUT2D eigenvalue weighted by molar-refractivity contribution is 6.31. The van der Waals surface area contributed by atoms with Crippen molar-refractivity contribution >= 4 is 28.3 Å². The number of rotatable bonds is 2. The Morgan fingerprint density at radius 3 is 2.52 bits per heavy atom. The van der Waals surface area contributed by atoms with E-state index in [0.717, 1.165) is 22.0 Å². The maximum absolute atomic E-state index is 12.8. The molecular weight excluding hydrogens is 282 g/mol. The van der Waals surface area contributed by atoms with Crippen LogP contribution in [0.4, 0.5) is 0 Å². The molecule has 1 heterocycles. The Hall–Kier alpha value is -2.06. The van der Waals surface area contributed by atoms with E-state index >= 15 is 0 Å². The number of aromatic nitrogens is 1. The molecule has 3 heteroatoms.